The van der Waals surface area contributed by atoms with Crippen molar-refractivity contribution in [3.8, 4) is 11.8 Å². The summed E-state index contributed by atoms with van der Waals surface area (Å²) in [6, 6.07) is 17.3. The second-order valence-electron chi connectivity index (χ2n) is 4.01. The number of ether oxygens (including phenoxy) is 1. The van der Waals surface area contributed by atoms with Gasteiger partial charge in [0.25, 0.3) is 0 Å². The Morgan fingerprint density at radius 3 is 2.17 bits per heavy atom. The van der Waals surface area contributed by atoms with Crippen LogP contribution in [0.5, 0.6) is 5.75 Å². The molecule has 0 spiro atoms. The maximum absolute atomic E-state index is 8.57. The minimum atomic E-state index is 0.429. The highest BCUT2D eigenvalue weighted by atomic mass is 16.5. The van der Waals surface area contributed by atoms with Crippen molar-refractivity contribution >= 4 is 5.69 Å². The second-order valence-corrected chi connectivity index (χ2v) is 4.01. The Bertz CT molecular complexity index is 538. The van der Waals surface area contributed by atoms with Crippen LogP contribution >= 0.6 is 0 Å². The predicted octanol–water partition coefficient (Wildman–Crippen LogP) is 2.91. The molecule has 0 aliphatic carbocycles. The molecule has 2 N–H and O–H groups in total. The van der Waals surface area contributed by atoms with Gasteiger partial charge in [-0.15, -0.1) is 0 Å². The van der Waals surface area contributed by atoms with Crippen LogP contribution in [0.4, 0.5) is 5.69 Å². The molecule has 2 rings (SSSR count). The van der Waals surface area contributed by atoms with E-state index in [0.29, 0.717) is 13.0 Å². The lowest BCUT2D eigenvalue weighted by Crippen LogP contribution is -1.96. The number of rotatable bonds is 4. The first-order chi connectivity index (χ1) is 8.78. The first-order valence-electron chi connectivity index (χ1n) is 5.71. The Labute approximate surface area is 106 Å². The molecule has 0 aliphatic rings. The fourth-order valence-corrected chi connectivity index (χ4v) is 1.58. The molecule has 0 aliphatic heterocycles. The number of benzene rings is 2. The zero-order valence-electron chi connectivity index (χ0n) is 9.97. The number of nitrogens with two attached hydrogens (primary N) is 1. The molecule has 0 saturated carbocycles. The van der Waals surface area contributed by atoms with E-state index in [1.54, 1.807) is 0 Å². The lowest BCUT2D eigenvalue weighted by Gasteiger charge is -2.07. The SMILES string of the molecule is N#CCc1ccc(OCc2ccc(N)cc2)cc1. The number of anilines is 1. The van der Waals surface area contributed by atoms with Gasteiger partial charge in [-0.3, -0.25) is 0 Å². The summed E-state index contributed by atoms with van der Waals surface area (Å²) in [5, 5.41) is 8.57. The van der Waals surface area contributed by atoms with Gasteiger partial charge < -0.3 is 10.5 Å². The van der Waals surface area contributed by atoms with Crippen molar-refractivity contribution in [3.05, 3.63) is 59.7 Å². The summed E-state index contributed by atoms with van der Waals surface area (Å²) < 4.78 is 5.64. The Balaban J connectivity index is 1.94. The molecular formula is C15H14N2O. The number of nitrogens with zero attached hydrogens (tertiary/aromatic N) is 1. The van der Waals surface area contributed by atoms with E-state index >= 15 is 0 Å². The van der Waals surface area contributed by atoms with Crippen molar-refractivity contribution in [2.24, 2.45) is 0 Å². The molecule has 3 heteroatoms. The van der Waals surface area contributed by atoms with E-state index in [4.69, 9.17) is 15.7 Å². The first kappa shape index (κ1) is 12.0. The van der Waals surface area contributed by atoms with Crippen molar-refractivity contribution in [1.29, 1.82) is 5.26 Å². The summed E-state index contributed by atoms with van der Waals surface area (Å²) in [5.41, 5.74) is 8.43. The second kappa shape index (κ2) is 5.74. The average Bonchev–Trinajstić information content (AvgIpc) is 2.40. The van der Waals surface area contributed by atoms with Crippen molar-refractivity contribution in [3.63, 3.8) is 0 Å². The highest BCUT2D eigenvalue weighted by molar-refractivity contribution is 5.39. The van der Waals surface area contributed by atoms with Gasteiger partial charge in [0.2, 0.25) is 0 Å². The monoisotopic (exact) mass is 238 g/mol. The van der Waals surface area contributed by atoms with Crippen LogP contribution in [0.25, 0.3) is 0 Å². The Kier molecular flexibility index (Phi) is 3.83. The van der Waals surface area contributed by atoms with Crippen molar-refractivity contribution < 1.29 is 4.74 Å². The maximum Gasteiger partial charge on any atom is 0.119 e. The molecule has 2 aromatic carbocycles. The smallest absolute Gasteiger partial charge is 0.119 e. The van der Waals surface area contributed by atoms with Gasteiger partial charge in [-0.2, -0.15) is 5.26 Å². The Morgan fingerprint density at radius 1 is 0.944 bits per heavy atom. The number of hydrogen-bond donors (Lipinski definition) is 1. The standard InChI is InChI=1S/C15H14N2O/c16-10-9-12-3-7-15(8-4-12)18-11-13-1-5-14(17)6-2-13/h1-8H,9,11,17H2. The van der Waals surface area contributed by atoms with Crippen LogP contribution in [0.1, 0.15) is 11.1 Å². The van der Waals surface area contributed by atoms with Crippen LogP contribution in [0.15, 0.2) is 48.5 Å². The van der Waals surface area contributed by atoms with Gasteiger partial charge in [0.05, 0.1) is 12.5 Å². The van der Waals surface area contributed by atoms with E-state index in [-0.39, 0.29) is 0 Å². The highest BCUT2D eigenvalue weighted by Gasteiger charge is 1.97. The van der Waals surface area contributed by atoms with Gasteiger partial charge in [0.1, 0.15) is 12.4 Å². The van der Waals surface area contributed by atoms with Gasteiger partial charge in [0, 0.05) is 5.69 Å². The third-order valence-electron chi connectivity index (χ3n) is 2.59. The third-order valence-corrected chi connectivity index (χ3v) is 2.59. The summed E-state index contributed by atoms with van der Waals surface area (Å²) in [7, 11) is 0. The molecule has 0 bridgehead atoms. The number of nitriles is 1. The molecule has 0 saturated heterocycles. The average molecular weight is 238 g/mol. The van der Waals surface area contributed by atoms with Crippen LogP contribution in [0.2, 0.25) is 0 Å². The van der Waals surface area contributed by atoms with E-state index in [1.165, 1.54) is 0 Å². The summed E-state index contributed by atoms with van der Waals surface area (Å²) >= 11 is 0. The molecule has 0 aromatic heterocycles. The summed E-state index contributed by atoms with van der Waals surface area (Å²) in [5.74, 6) is 0.800. The van der Waals surface area contributed by atoms with Crippen molar-refractivity contribution in [2.45, 2.75) is 13.0 Å². The predicted molar refractivity (Wildman–Crippen MR) is 70.9 cm³/mol. The minimum absolute atomic E-state index is 0.429. The van der Waals surface area contributed by atoms with E-state index in [1.807, 2.05) is 48.5 Å². The maximum atomic E-state index is 8.57. The van der Waals surface area contributed by atoms with Crippen LogP contribution in [-0.4, -0.2) is 0 Å². The molecule has 0 heterocycles. The molecule has 0 fully saturated rings. The molecule has 0 radical (unpaired) electrons. The lowest BCUT2D eigenvalue weighted by molar-refractivity contribution is 0.306. The quantitative estimate of drug-likeness (QED) is 0.833. The largest absolute Gasteiger partial charge is 0.489 e. The van der Waals surface area contributed by atoms with E-state index < -0.39 is 0 Å². The van der Waals surface area contributed by atoms with Gasteiger partial charge in [0.15, 0.2) is 0 Å². The van der Waals surface area contributed by atoms with Crippen LogP contribution < -0.4 is 10.5 Å². The van der Waals surface area contributed by atoms with Gasteiger partial charge in [-0.1, -0.05) is 24.3 Å². The molecule has 18 heavy (non-hydrogen) atoms. The molecule has 90 valence electrons. The third kappa shape index (κ3) is 3.26. The van der Waals surface area contributed by atoms with Gasteiger partial charge in [-0.05, 0) is 35.4 Å². The van der Waals surface area contributed by atoms with Crippen LogP contribution in [-0.2, 0) is 13.0 Å². The van der Waals surface area contributed by atoms with Gasteiger partial charge >= 0.3 is 0 Å². The summed E-state index contributed by atoms with van der Waals surface area (Å²) in [6.45, 7) is 0.512. The zero-order chi connectivity index (χ0) is 12.8. The van der Waals surface area contributed by atoms with Gasteiger partial charge in [-0.25, -0.2) is 0 Å². The van der Waals surface area contributed by atoms with E-state index in [2.05, 4.69) is 6.07 Å². The fourth-order valence-electron chi connectivity index (χ4n) is 1.58. The first-order valence-corrected chi connectivity index (χ1v) is 5.71. The normalized spacial score (nSPS) is 9.72. The molecule has 0 atom stereocenters. The summed E-state index contributed by atoms with van der Waals surface area (Å²) in [4.78, 5) is 0. The Morgan fingerprint density at radius 2 is 1.56 bits per heavy atom. The van der Waals surface area contributed by atoms with E-state index in [9.17, 15) is 0 Å². The lowest BCUT2D eigenvalue weighted by atomic mass is 10.1. The molecular weight excluding hydrogens is 224 g/mol. The van der Waals surface area contributed by atoms with Crippen molar-refractivity contribution in [2.75, 3.05) is 5.73 Å². The summed E-state index contributed by atoms with van der Waals surface area (Å²) in [6.07, 6.45) is 0.429. The van der Waals surface area contributed by atoms with E-state index in [0.717, 1.165) is 22.6 Å². The van der Waals surface area contributed by atoms with Crippen LogP contribution in [0, 0.1) is 11.3 Å². The highest BCUT2D eigenvalue weighted by Crippen LogP contribution is 2.15. The fraction of sp³-hybridized carbons (Fsp3) is 0.133. The topological polar surface area (TPSA) is 59.0 Å². The number of nitrogen functional groups attached to an aromatic ring is 1. The Hall–Kier alpha value is -2.47. The molecule has 0 unspecified atom stereocenters. The van der Waals surface area contributed by atoms with Crippen LogP contribution in [0.3, 0.4) is 0 Å². The van der Waals surface area contributed by atoms with Crippen molar-refractivity contribution in [1.82, 2.24) is 0 Å². The molecule has 2 aromatic rings. The zero-order valence-corrected chi connectivity index (χ0v) is 9.97. The molecule has 3 nitrogen and oxygen atoms in total. The number of hydrogen-bond acceptors (Lipinski definition) is 3. The molecule has 0 amide bonds. The minimum Gasteiger partial charge on any atom is -0.489 e.